The average Bonchev–Trinajstić information content (AvgIpc) is 2.14. The summed E-state index contributed by atoms with van der Waals surface area (Å²) in [6.07, 6.45) is -0.445. The van der Waals surface area contributed by atoms with Crippen LogP contribution in [0, 0.1) is 5.82 Å². The van der Waals surface area contributed by atoms with Gasteiger partial charge in [0.15, 0.2) is 9.84 Å². The van der Waals surface area contributed by atoms with E-state index in [1.807, 2.05) is 0 Å². The van der Waals surface area contributed by atoms with Gasteiger partial charge >= 0.3 is 0 Å². The van der Waals surface area contributed by atoms with Crippen LogP contribution in [0.3, 0.4) is 0 Å². The van der Waals surface area contributed by atoms with Crippen LogP contribution in [-0.2, 0) is 9.84 Å². The average molecular weight is 281 g/mol. The number of hydrogen-bond acceptors (Lipinski definition) is 3. The van der Waals surface area contributed by atoms with Crippen LogP contribution < -0.4 is 0 Å². The van der Waals surface area contributed by atoms with Gasteiger partial charge in [-0.05, 0) is 26.0 Å². The van der Waals surface area contributed by atoms with Crippen molar-refractivity contribution in [3.05, 3.63) is 34.6 Å². The van der Waals surface area contributed by atoms with Gasteiger partial charge in [-0.3, -0.25) is 0 Å². The highest BCUT2D eigenvalue weighted by atomic mass is 35.5. The van der Waals surface area contributed by atoms with E-state index in [0.717, 1.165) is 12.3 Å². The highest BCUT2D eigenvalue weighted by molar-refractivity contribution is 7.92. The summed E-state index contributed by atoms with van der Waals surface area (Å²) >= 11 is 5.59. The van der Waals surface area contributed by atoms with E-state index in [4.69, 9.17) is 11.6 Å². The van der Waals surface area contributed by atoms with Gasteiger partial charge in [0.2, 0.25) is 0 Å². The summed E-state index contributed by atoms with van der Waals surface area (Å²) in [5.41, 5.74) is -0.0789. The van der Waals surface area contributed by atoms with E-state index in [1.165, 1.54) is 26.0 Å². The van der Waals surface area contributed by atoms with Gasteiger partial charge in [-0.2, -0.15) is 0 Å². The Balaban J connectivity index is 3.26. The van der Waals surface area contributed by atoms with E-state index in [0.29, 0.717) is 0 Å². The minimum Gasteiger partial charge on any atom is -0.387 e. The summed E-state index contributed by atoms with van der Waals surface area (Å²) in [5, 5.41) is 10.2. The van der Waals surface area contributed by atoms with E-state index < -0.39 is 26.5 Å². The van der Waals surface area contributed by atoms with Crippen LogP contribution in [0.5, 0.6) is 0 Å². The second-order valence-electron chi connectivity index (χ2n) is 4.44. The molecule has 6 heteroatoms. The fraction of sp³-hybridized carbons (Fsp3) is 0.455. The standard InChI is InChI=1S/C11H14ClFO3S/c1-11(2,17(3,15)16)10(14)8-5-4-7(12)6-9(8)13/h4-6,10,14H,1-3H3. The molecule has 0 aromatic heterocycles. The fourth-order valence-corrected chi connectivity index (χ4v) is 1.99. The Bertz CT molecular complexity index is 526. The summed E-state index contributed by atoms with van der Waals surface area (Å²) in [6, 6.07) is 3.73. The molecule has 1 aromatic rings. The molecule has 1 atom stereocenters. The van der Waals surface area contributed by atoms with Gasteiger partial charge in [-0.1, -0.05) is 17.7 Å². The smallest absolute Gasteiger partial charge is 0.155 e. The fourth-order valence-electron chi connectivity index (χ4n) is 1.30. The summed E-state index contributed by atoms with van der Waals surface area (Å²) in [4.78, 5) is 0. The van der Waals surface area contributed by atoms with Gasteiger partial charge in [0.05, 0.1) is 4.75 Å². The van der Waals surface area contributed by atoms with Crippen LogP contribution in [-0.4, -0.2) is 24.5 Å². The summed E-state index contributed by atoms with van der Waals surface area (Å²) in [5.74, 6) is -0.721. The van der Waals surface area contributed by atoms with Gasteiger partial charge in [-0.25, -0.2) is 12.8 Å². The monoisotopic (exact) mass is 280 g/mol. The first-order valence-electron chi connectivity index (χ1n) is 4.90. The largest absolute Gasteiger partial charge is 0.387 e. The Labute approximate surface area is 105 Å². The van der Waals surface area contributed by atoms with E-state index in [-0.39, 0.29) is 10.6 Å². The van der Waals surface area contributed by atoms with Crippen LogP contribution in [0.15, 0.2) is 18.2 Å². The Morgan fingerprint density at radius 1 is 1.41 bits per heavy atom. The predicted molar refractivity (Wildman–Crippen MR) is 65.3 cm³/mol. The van der Waals surface area contributed by atoms with Crippen LogP contribution >= 0.6 is 11.6 Å². The Morgan fingerprint density at radius 3 is 2.35 bits per heavy atom. The Kier molecular flexibility index (Phi) is 3.86. The van der Waals surface area contributed by atoms with Crippen molar-refractivity contribution >= 4 is 21.4 Å². The maximum absolute atomic E-state index is 13.6. The van der Waals surface area contributed by atoms with E-state index >= 15 is 0 Å². The molecule has 1 N–H and O–H groups in total. The lowest BCUT2D eigenvalue weighted by Crippen LogP contribution is -2.38. The highest BCUT2D eigenvalue weighted by Gasteiger charge is 2.40. The van der Waals surface area contributed by atoms with Crippen molar-refractivity contribution in [2.24, 2.45) is 0 Å². The lowest BCUT2D eigenvalue weighted by molar-refractivity contribution is 0.135. The van der Waals surface area contributed by atoms with Crippen LogP contribution in [0.4, 0.5) is 4.39 Å². The number of aliphatic hydroxyl groups excluding tert-OH is 1. The summed E-state index contributed by atoms with van der Waals surface area (Å²) in [6.45, 7) is 2.70. The molecule has 0 spiro atoms. The second kappa shape index (κ2) is 4.55. The maximum Gasteiger partial charge on any atom is 0.155 e. The number of aliphatic hydroxyl groups is 1. The number of rotatable bonds is 3. The van der Waals surface area contributed by atoms with Crippen molar-refractivity contribution in [2.75, 3.05) is 6.26 Å². The number of benzene rings is 1. The molecule has 0 fully saturated rings. The van der Waals surface area contributed by atoms with Crippen molar-refractivity contribution in [1.29, 1.82) is 0 Å². The molecule has 0 aliphatic heterocycles. The number of hydrogen-bond donors (Lipinski definition) is 1. The van der Waals surface area contributed by atoms with Crippen molar-refractivity contribution in [3.8, 4) is 0 Å². The minimum absolute atomic E-state index is 0.0789. The van der Waals surface area contributed by atoms with Gasteiger partial charge in [-0.15, -0.1) is 0 Å². The predicted octanol–water partition coefficient (Wildman–Crippen LogP) is 2.34. The molecule has 0 saturated heterocycles. The topological polar surface area (TPSA) is 54.4 Å². The molecular weight excluding hydrogens is 267 g/mol. The van der Waals surface area contributed by atoms with Crippen molar-refractivity contribution in [1.82, 2.24) is 0 Å². The Hall–Kier alpha value is -0.650. The summed E-state index contributed by atoms with van der Waals surface area (Å²) in [7, 11) is -3.53. The lowest BCUT2D eigenvalue weighted by Gasteiger charge is -2.29. The van der Waals surface area contributed by atoms with E-state index in [9.17, 15) is 17.9 Å². The molecule has 1 unspecified atom stereocenters. The molecule has 1 rings (SSSR count). The molecule has 0 bridgehead atoms. The van der Waals surface area contributed by atoms with Crippen molar-refractivity contribution in [2.45, 2.75) is 24.7 Å². The maximum atomic E-state index is 13.6. The molecule has 17 heavy (non-hydrogen) atoms. The van der Waals surface area contributed by atoms with Gasteiger partial charge < -0.3 is 5.11 Å². The molecule has 1 aromatic carbocycles. The molecule has 0 saturated carbocycles. The first-order valence-corrected chi connectivity index (χ1v) is 7.17. The SMILES string of the molecule is CC(C)(C(O)c1ccc(Cl)cc1F)S(C)(=O)=O. The van der Waals surface area contributed by atoms with Crippen LogP contribution in [0.25, 0.3) is 0 Å². The van der Waals surface area contributed by atoms with Crippen LogP contribution in [0.2, 0.25) is 5.02 Å². The van der Waals surface area contributed by atoms with E-state index in [2.05, 4.69) is 0 Å². The molecule has 3 nitrogen and oxygen atoms in total. The lowest BCUT2D eigenvalue weighted by atomic mass is 9.98. The summed E-state index contributed by atoms with van der Waals surface area (Å²) < 4.78 is 35.2. The molecule has 96 valence electrons. The molecule has 0 amide bonds. The van der Waals surface area contributed by atoms with Crippen molar-refractivity contribution in [3.63, 3.8) is 0 Å². The van der Waals surface area contributed by atoms with Gasteiger partial charge in [0.25, 0.3) is 0 Å². The number of sulfone groups is 1. The molecule has 0 aliphatic carbocycles. The highest BCUT2D eigenvalue weighted by Crippen LogP contribution is 2.33. The zero-order chi connectivity index (χ0) is 13.4. The first-order chi connectivity index (χ1) is 7.57. The van der Waals surface area contributed by atoms with E-state index in [1.54, 1.807) is 0 Å². The van der Waals surface area contributed by atoms with Crippen LogP contribution in [0.1, 0.15) is 25.5 Å². The first kappa shape index (κ1) is 14.4. The van der Waals surface area contributed by atoms with Gasteiger partial charge in [0.1, 0.15) is 11.9 Å². The third-order valence-corrected chi connectivity index (χ3v) is 5.24. The zero-order valence-corrected chi connectivity index (χ0v) is 11.3. The molecular formula is C11H14ClFO3S. The molecule has 0 aliphatic rings. The third-order valence-electron chi connectivity index (χ3n) is 2.87. The quantitative estimate of drug-likeness (QED) is 0.925. The normalized spacial score (nSPS) is 14.7. The Morgan fingerprint density at radius 2 is 1.94 bits per heavy atom. The number of halogens is 2. The minimum atomic E-state index is -3.53. The third kappa shape index (κ3) is 2.78. The molecule has 0 radical (unpaired) electrons. The molecule has 0 heterocycles. The van der Waals surface area contributed by atoms with Crippen molar-refractivity contribution < 1.29 is 17.9 Å². The zero-order valence-electron chi connectivity index (χ0n) is 9.74. The van der Waals surface area contributed by atoms with Gasteiger partial charge in [0, 0.05) is 16.8 Å². The second-order valence-corrected chi connectivity index (χ2v) is 7.48.